The molecule has 0 saturated carbocycles. The van der Waals surface area contributed by atoms with Crippen LogP contribution in [-0.2, 0) is 11.2 Å². The summed E-state index contributed by atoms with van der Waals surface area (Å²) in [6, 6.07) is 4.19. The number of guanidine groups is 1. The fourth-order valence-corrected chi connectivity index (χ4v) is 2.45. The van der Waals surface area contributed by atoms with Crippen LogP contribution in [0.25, 0.3) is 0 Å². The largest absolute Gasteiger partial charge is 0.496 e. The molecular weight excluding hydrogens is 246 g/mol. The van der Waals surface area contributed by atoms with Crippen LogP contribution in [0.15, 0.2) is 34.8 Å². The SMILES string of the molecule is NC(=NCC1CCC=CO1)NCCc1cccs1. The maximum atomic E-state index is 5.80. The molecule has 2 rings (SSSR count). The van der Waals surface area contributed by atoms with E-state index in [1.54, 1.807) is 17.6 Å². The minimum Gasteiger partial charge on any atom is -0.496 e. The van der Waals surface area contributed by atoms with E-state index in [1.165, 1.54) is 4.88 Å². The first-order valence-corrected chi connectivity index (χ1v) is 7.09. The minimum atomic E-state index is 0.174. The van der Waals surface area contributed by atoms with Gasteiger partial charge in [-0.2, -0.15) is 0 Å². The summed E-state index contributed by atoms with van der Waals surface area (Å²) >= 11 is 1.76. The van der Waals surface area contributed by atoms with Gasteiger partial charge in [0.25, 0.3) is 0 Å². The van der Waals surface area contributed by atoms with Gasteiger partial charge in [-0.15, -0.1) is 11.3 Å². The predicted octanol–water partition coefficient (Wildman–Crippen LogP) is 1.89. The zero-order chi connectivity index (χ0) is 12.6. The van der Waals surface area contributed by atoms with Gasteiger partial charge in [-0.3, -0.25) is 0 Å². The highest BCUT2D eigenvalue weighted by Crippen LogP contribution is 2.10. The average Bonchev–Trinajstić information content (AvgIpc) is 2.91. The van der Waals surface area contributed by atoms with Gasteiger partial charge in [0.05, 0.1) is 12.8 Å². The molecule has 1 aromatic heterocycles. The Kier molecular flexibility index (Phi) is 5.08. The summed E-state index contributed by atoms with van der Waals surface area (Å²) in [6.07, 6.45) is 7.02. The molecule has 1 unspecified atom stereocenters. The van der Waals surface area contributed by atoms with E-state index >= 15 is 0 Å². The quantitative estimate of drug-likeness (QED) is 0.631. The summed E-state index contributed by atoms with van der Waals surface area (Å²) in [6.45, 7) is 1.45. The third-order valence-corrected chi connectivity index (χ3v) is 3.68. The van der Waals surface area contributed by atoms with Crippen LogP contribution in [-0.4, -0.2) is 25.2 Å². The number of hydrogen-bond acceptors (Lipinski definition) is 3. The third-order valence-electron chi connectivity index (χ3n) is 2.75. The highest BCUT2D eigenvalue weighted by Gasteiger charge is 2.09. The maximum Gasteiger partial charge on any atom is 0.188 e. The Hall–Kier alpha value is -1.49. The van der Waals surface area contributed by atoms with Crippen LogP contribution < -0.4 is 11.1 Å². The highest BCUT2D eigenvalue weighted by molar-refractivity contribution is 7.09. The van der Waals surface area contributed by atoms with Crippen LogP contribution in [0.2, 0.25) is 0 Å². The minimum absolute atomic E-state index is 0.174. The predicted molar refractivity (Wildman–Crippen MR) is 75.8 cm³/mol. The summed E-state index contributed by atoms with van der Waals surface area (Å²) in [7, 11) is 0. The molecule has 18 heavy (non-hydrogen) atoms. The van der Waals surface area contributed by atoms with E-state index in [4.69, 9.17) is 10.5 Å². The summed E-state index contributed by atoms with van der Waals surface area (Å²) < 4.78 is 5.42. The first-order chi connectivity index (χ1) is 8.84. The van der Waals surface area contributed by atoms with E-state index in [2.05, 4.69) is 27.8 Å². The monoisotopic (exact) mass is 265 g/mol. The fraction of sp³-hybridized carbons (Fsp3) is 0.462. The summed E-state index contributed by atoms with van der Waals surface area (Å²) in [4.78, 5) is 5.65. The molecule has 1 aliphatic rings. The lowest BCUT2D eigenvalue weighted by Crippen LogP contribution is -2.34. The number of rotatable bonds is 5. The molecule has 0 radical (unpaired) electrons. The van der Waals surface area contributed by atoms with Gasteiger partial charge in [0, 0.05) is 11.4 Å². The van der Waals surface area contributed by atoms with Gasteiger partial charge in [0.15, 0.2) is 5.96 Å². The maximum absolute atomic E-state index is 5.80. The molecule has 0 saturated heterocycles. The van der Waals surface area contributed by atoms with E-state index in [-0.39, 0.29) is 6.10 Å². The summed E-state index contributed by atoms with van der Waals surface area (Å²) in [5.74, 6) is 0.504. The molecule has 4 nitrogen and oxygen atoms in total. The zero-order valence-corrected chi connectivity index (χ0v) is 11.2. The molecule has 5 heteroatoms. The molecule has 1 aliphatic heterocycles. The molecule has 2 heterocycles. The van der Waals surface area contributed by atoms with Crippen LogP contribution in [0.5, 0.6) is 0 Å². The second-order valence-electron chi connectivity index (χ2n) is 4.19. The van der Waals surface area contributed by atoms with Crippen molar-refractivity contribution in [2.75, 3.05) is 13.1 Å². The van der Waals surface area contributed by atoms with Crippen molar-refractivity contribution in [1.29, 1.82) is 0 Å². The van der Waals surface area contributed by atoms with Crippen molar-refractivity contribution in [1.82, 2.24) is 5.32 Å². The smallest absolute Gasteiger partial charge is 0.188 e. The standard InChI is InChI=1S/C13H19N3OS/c14-13(15-7-6-12-5-3-9-18-12)16-10-11-4-1-2-8-17-11/h2-3,5,8-9,11H,1,4,6-7,10H2,(H3,14,15,16). The van der Waals surface area contributed by atoms with Crippen molar-refractivity contribution < 1.29 is 4.74 Å². The molecular formula is C13H19N3OS. The van der Waals surface area contributed by atoms with E-state index < -0.39 is 0 Å². The van der Waals surface area contributed by atoms with E-state index in [9.17, 15) is 0 Å². The normalized spacial score (nSPS) is 19.6. The number of nitrogens with zero attached hydrogens (tertiary/aromatic N) is 1. The molecule has 0 aliphatic carbocycles. The van der Waals surface area contributed by atoms with Gasteiger partial charge in [-0.05, 0) is 36.8 Å². The molecule has 0 amide bonds. The topological polar surface area (TPSA) is 59.6 Å². The van der Waals surface area contributed by atoms with Crippen molar-refractivity contribution in [3.05, 3.63) is 34.7 Å². The lowest BCUT2D eigenvalue weighted by molar-refractivity contribution is 0.131. The molecule has 1 atom stereocenters. The Morgan fingerprint density at radius 3 is 3.28 bits per heavy atom. The Morgan fingerprint density at radius 1 is 1.61 bits per heavy atom. The number of nitrogens with one attached hydrogen (secondary N) is 1. The number of hydrogen-bond donors (Lipinski definition) is 2. The summed E-state index contributed by atoms with van der Waals surface area (Å²) in [5, 5.41) is 5.21. The molecule has 0 fully saturated rings. The van der Waals surface area contributed by atoms with Crippen LogP contribution in [0, 0.1) is 0 Å². The lowest BCUT2D eigenvalue weighted by Gasteiger charge is -2.17. The molecule has 98 valence electrons. The first-order valence-electron chi connectivity index (χ1n) is 6.21. The Bertz CT molecular complexity index is 400. The molecule has 0 aromatic carbocycles. The average molecular weight is 265 g/mol. The number of ether oxygens (including phenoxy) is 1. The van der Waals surface area contributed by atoms with E-state index in [1.807, 2.05) is 6.08 Å². The molecule has 0 bridgehead atoms. The Morgan fingerprint density at radius 2 is 2.56 bits per heavy atom. The van der Waals surface area contributed by atoms with Gasteiger partial charge in [-0.1, -0.05) is 6.07 Å². The van der Waals surface area contributed by atoms with E-state index in [0.717, 1.165) is 25.8 Å². The molecule has 1 aromatic rings. The number of allylic oxidation sites excluding steroid dienone is 1. The van der Waals surface area contributed by atoms with Crippen LogP contribution in [0.3, 0.4) is 0 Å². The van der Waals surface area contributed by atoms with Crippen molar-refractivity contribution in [3.63, 3.8) is 0 Å². The van der Waals surface area contributed by atoms with Crippen molar-refractivity contribution >= 4 is 17.3 Å². The van der Waals surface area contributed by atoms with Crippen LogP contribution in [0.4, 0.5) is 0 Å². The first kappa shape index (κ1) is 13.0. The zero-order valence-electron chi connectivity index (χ0n) is 10.3. The van der Waals surface area contributed by atoms with Crippen molar-refractivity contribution in [3.8, 4) is 0 Å². The van der Waals surface area contributed by atoms with Crippen molar-refractivity contribution in [2.24, 2.45) is 10.7 Å². The molecule has 0 spiro atoms. The Labute approximate surface area is 112 Å². The summed E-state index contributed by atoms with van der Waals surface area (Å²) in [5.41, 5.74) is 5.80. The van der Waals surface area contributed by atoms with Gasteiger partial charge in [0.2, 0.25) is 0 Å². The second kappa shape index (κ2) is 7.06. The fourth-order valence-electron chi connectivity index (χ4n) is 1.74. The van der Waals surface area contributed by atoms with Crippen LogP contribution in [0.1, 0.15) is 17.7 Å². The Balaban J connectivity index is 1.64. The highest BCUT2D eigenvalue weighted by atomic mass is 32.1. The van der Waals surface area contributed by atoms with Crippen molar-refractivity contribution in [2.45, 2.75) is 25.4 Å². The number of thiophene rings is 1. The molecule has 3 N–H and O–H groups in total. The van der Waals surface area contributed by atoms with Gasteiger partial charge in [0.1, 0.15) is 6.10 Å². The third kappa shape index (κ3) is 4.41. The van der Waals surface area contributed by atoms with E-state index in [0.29, 0.717) is 12.5 Å². The van der Waals surface area contributed by atoms with Gasteiger partial charge < -0.3 is 15.8 Å². The number of nitrogens with two attached hydrogens (primary N) is 1. The van der Waals surface area contributed by atoms with Gasteiger partial charge in [-0.25, -0.2) is 4.99 Å². The van der Waals surface area contributed by atoms with Crippen LogP contribution >= 0.6 is 11.3 Å². The lowest BCUT2D eigenvalue weighted by atomic mass is 10.2. The number of aliphatic imine (C=N–C) groups is 1. The van der Waals surface area contributed by atoms with Gasteiger partial charge >= 0.3 is 0 Å². The second-order valence-corrected chi connectivity index (χ2v) is 5.22.